The highest BCUT2D eigenvalue weighted by Crippen LogP contribution is 2.47. The Morgan fingerprint density at radius 1 is 1.58 bits per heavy atom. The van der Waals surface area contributed by atoms with Crippen molar-refractivity contribution in [3.63, 3.8) is 0 Å². The first-order valence-electron chi connectivity index (χ1n) is 4.20. The number of hydrogen-bond donors (Lipinski definition) is 2. The van der Waals surface area contributed by atoms with E-state index in [4.69, 9.17) is 5.11 Å². The summed E-state index contributed by atoms with van der Waals surface area (Å²) in [5, 5.41) is 10.9. The van der Waals surface area contributed by atoms with Crippen LogP contribution in [0.15, 0.2) is 0 Å². The van der Waals surface area contributed by atoms with E-state index in [1.807, 2.05) is 0 Å². The minimum absolute atomic E-state index is 0.0326. The molecule has 1 amide bonds. The number of carbonyl (C=O) groups is 2. The lowest BCUT2D eigenvalue weighted by molar-refractivity contribution is -0.121. The summed E-state index contributed by atoms with van der Waals surface area (Å²) in [7, 11) is 0. The van der Waals surface area contributed by atoms with Crippen molar-refractivity contribution in [3.8, 4) is 0 Å². The third kappa shape index (κ3) is 1.17. The van der Waals surface area contributed by atoms with Crippen molar-refractivity contribution < 1.29 is 14.7 Å². The van der Waals surface area contributed by atoms with Gasteiger partial charge in [-0.05, 0) is 18.8 Å². The van der Waals surface area contributed by atoms with Crippen LogP contribution < -0.4 is 5.32 Å². The van der Waals surface area contributed by atoms with Crippen molar-refractivity contribution in [3.05, 3.63) is 0 Å². The van der Waals surface area contributed by atoms with Crippen molar-refractivity contribution >= 4 is 11.9 Å². The SMILES string of the molecule is O=C(O)N[C@H]1CCC(=O)[C@@H]2C[C@H]12. The number of fused-ring (bicyclic) bond motifs is 1. The molecule has 3 atom stereocenters. The number of Topliss-reactive ketones (excluding diaryl/α,β-unsaturated/α-hetero) is 1. The highest BCUT2D eigenvalue weighted by Gasteiger charge is 2.50. The molecule has 0 bridgehead atoms. The van der Waals surface area contributed by atoms with Gasteiger partial charge in [0.05, 0.1) is 0 Å². The van der Waals surface area contributed by atoms with Gasteiger partial charge in [-0.3, -0.25) is 4.79 Å². The molecular weight excluding hydrogens is 158 g/mol. The van der Waals surface area contributed by atoms with Gasteiger partial charge in [0, 0.05) is 18.4 Å². The Bertz CT molecular complexity index is 238. The summed E-state index contributed by atoms with van der Waals surface area (Å²) >= 11 is 0. The second-order valence-corrected chi connectivity index (χ2v) is 3.57. The highest BCUT2D eigenvalue weighted by molar-refractivity contribution is 5.85. The van der Waals surface area contributed by atoms with Gasteiger partial charge < -0.3 is 10.4 Å². The number of rotatable bonds is 1. The third-order valence-corrected chi connectivity index (χ3v) is 2.78. The van der Waals surface area contributed by atoms with Gasteiger partial charge in [-0.2, -0.15) is 0 Å². The van der Waals surface area contributed by atoms with Crippen LogP contribution in [0.3, 0.4) is 0 Å². The topological polar surface area (TPSA) is 66.4 Å². The van der Waals surface area contributed by atoms with Crippen LogP contribution in [0.4, 0.5) is 4.79 Å². The first-order chi connectivity index (χ1) is 5.68. The minimum Gasteiger partial charge on any atom is -0.465 e. The Balaban J connectivity index is 1.94. The Morgan fingerprint density at radius 3 is 3.00 bits per heavy atom. The molecule has 0 unspecified atom stereocenters. The van der Waals surface area contributed by atoms with Gasteiger partial charge in [0.15, 0.2) is 0 Å². The summed E-state index contributed by atoms with van der Waals surface area (Å²) in [4.78, 5) is 21.4. The van der Waals surface area contributed by atoms with Gasteiger partial charge in [-0.15, -0.1) is 0 Å². The zero-order valence-electron chi connectivity index (χ0n) is 6.62. The summed E-state index contributed by atoms with van der Waals surface area (Å²) in [5.41, 5.74) is 0. The molecule has 2 aliphatic rings. The second-order valence-electron chi connectivity index (χ2n) is 3.57. The van der Waals surface area contributed by atoms with Crippen LogP contribution in [-0.2, 0) is 4.79 Å². The van der Waals surface area contributed by atoms with Crippen LogP contribution >= 0.6 is 0 Å². The summed E-state index contributed by atoms with van der Waals surface area (Å²) in [6, 6.07) is 0.0326. The fourth-order valence-corrected chi connectivity index (χ4v) is 2.06. The van der Waals surface area contributed by atoms with Crippen molar-refractivity contribution in [2.75, 3.05) is 0 Å². The van der Waals surface area contributed by atoms with Gasteiger partial charge in [0.1, 0.15) is 5.78 Å². The smallest absolute Gasteiger partial charge is 0.404 e. The van der Waals surface area contributed by atoms with Gasteiger partial charge >= 0.3 is 6.09 Å². The highest BCUT2D eigenvalue weighted by atomic mass is 16.4. The molecule has 66 valence electrons. The maximum absolute atomic E-state index is 11.1. The average Bonchev–Trinajstić information content (AvgIpc) is 2.73. The predicted octanol–water partition coefficient (Wildman–Crippen LogP) is 0.622. The van der Waals surface area contributed by atoms with Gasteiger partial charge in [0.25, 0.3) is 0 Å². The molecule has 4 nitrogen and oxygen atoms in total. The second kappa shape index (κ2) is 2.47. The number of carbonyl (C=O) groups excluding carboxylic acids is 1. The summed E-state index contributed by atoms with van der Waals surface area (Å²) in [5.74, 6) is 0.807. The molecule has 2 N–H and O–H groups in total. The summed E-state index contributed by atoms with van der Waals surface area (Å²) in [6.45, 7) is 0. The van der Waals surface area contributed by atoms with E-state index in [9.17, 15) is 9.59 Å². The third-order valence-electron chi connectivity index (χ3n) is 2.78. The van der Waals surface area contributed by atoms with E-state index in [0.29, 0.717) is 24.5 Å². The number of amides is 1. The Labute approximate surface area is 69.9 Å². The van der Waals surface area contributed by atoms with E-state index >= 15 is 0 Å². The molecule has 0 aromatic heterocycles. The van der Waals surface area contributed by atoms with E-state index in [1.165, 1.54) is 0 Å². The van der Waals surface area contributed by atoms with E-state index < -0.39 is 6.09 Å². The van der Waals surface area contributed by atoms with Crippen LogP contribution in [0.1, 0.15) is 19.3 Å². The quantitative estimate of drug-likeness (QED) is 0.604. The summed E-state index contributed by atoms with van der Waals surface area (Å²) in [6.07, 6.45) is 1.15. The number of ketones is 1. The molecule has 0 aromatic rings. The van der Waals surface area contributed by atoms with Crippen molar-refractivity contribution in [1.82, 2.24) is 5.32 Å². The largest absolute Gasteiger partial charge is 0.465 e. The number of hydrogen-bond acceptors (Lipinski definition) is 2. The Kier molecular flexibility index (Phi) is 1.56. The summed E-state index contributed by atoms with van der Waals surface area (Å²) < 4.78 is 0. The molecule has 2 rings (SSSR count). The first kappa shape index (κ1) is 7.58. The predicted molar refractivity (Wildman–Crippen MR) is 40.8 cm³/mol. The molecule has 2 fully saturated rings. The van der Waals surface area contributed by atoms with E-state index in [-0.39, 0.29) is 12.0 Å². The lowest BCUT2D eigenvalue weighted by atomic mass is 9.94. The van der Waals surface area contributed by atoms with Gasteiger partial charge in [-0.25, -0.2) is 4.79 Å². The van der Waals surface area contributed by atoms with Gasteiger partial charge in [-0.1, -0.05) is 0 Å². The van der Waals surface area contributed by atoms with Crippen LogP contribution in [0.25, 0.3) is 0 Å². The normalized spacial score (nSPS) is 38.7. The first-order valence-corrected chi connectivity index (χ1v) is 4.20. The molecule has 12 heavy (non-hydrogen) atoms. The molecule has 0 heterocycles. The zero-order chi connectivity index (χ0) is 8.72. The fraction of sp³-hybridized carbons (Fsp3) is 0.750. The maximum Gasteiger partial charge on any atom is 0.404 e. The Hall–Kier alpha value is -1.06. The van der Waals surface area contributed by atoms with Crippen LogP contribution in [0, 0.1) is 11.8 Å². The monoisotopic (exact) mass is 169 g/mol. The van der Waals surface area contributed by atoms with E-state index in [2.05, 4.69) is 5.32 Å². The number of nitrogens with one attached hydrogen (secondary N) is 1. The molecular formula is C8H11NO3. The Morgan fingerprint density at radius 2 is 2.33 bits per heavy atom. The van der Waals surface area contributed by atoms with Gasteiger partial charge in [0.2, 0.25) is 0 Å². The fourth-order valence-electron chi connectivity index (χ4n) is 2.06. The molecule has 0 spiro atoms. The zero-order valence-corrected chi connectivity index (χ0v) is 6.62. The van der Waals surface area contributed by atoms with E-state index in [1.54, 1.807) is 0 Å². The minimum atomic E-state index is -0.972. The molecule has 0 aromatic carbocycles. The van der Waals surface area contributed by atoms with Crippen molar-refractivity contribution in [1.29, 1.82) is 0 Å². The lowest BCUT2D eigenvalue weighted by Gasteiger charge is -2.19. The molecule has 4 heteroatoms. The van der Waals surface area contributed by atoms with Crippen molar-refractivity contribution in [2.24, 2.45) is 11.8 Å². The van der Waals surface area contributed by atoms with Crippen LogP contribution in [-0.4, -0.2) is 23.0 Å². The molecule has 0 radical (unpaired) electrons. The van der Waals surface area contributed by atoms with E-state index in [0.717, 1.165) is 6.42 Å². The molecule has 2 aliphatic carbocycles. The molecule has 0 aliphatic heterocycles. The van der Waals surface area contributed by atoms with Crippen LogP contribution in [0.2, 0.25) is 0 Å². The standard InChI is InChI=1S/C8H11NO3/c10-7-2-1-6(9-8(11)12)4-3-5(4)7/h4-6,9H,1-3H2,(H,11,12)/t4-,5+,6-/m0/s1. The lowest BCUT2D eigenvalue weighted by Crippen LogP contribution is -2.38. The van der Waals surface area contributed by atoms with Crippen molar-refractivity contribution in [2.45, 2.75) is 25.3 Å². The molecule has 0 saturated heterocycles. The maximum atomic E-state index is 11.1. The van der Waals surface area contributed by atoms with Crippen LogP contribution in [0.5, 0.6) is 0 Å². The number of carboxylic acid groups (broad SMARTS) is 1. The molecule has 2 saturated carbocycles. The average molecular weight is 169 g/mol.